The Hall–Kier alpha value is -0.930. The van der Waals surface area contributed by atoms with Gasteiger partial charge in [-0.3, -0.25) is 4.98 Å². The number of pyridine rings is 1. The normalized spacial score (nSPS) is 11.8. The molecule has 96 valence electrons. The molecule has 0 aromatic carbocycles. The van der Waals surface area contributed by atoms with Gasteiger partial charge in [0.1, 0.15) is 0 Å². The standard InChI is InChI=1S/C14H24N2O/c1-4-14(5-2,11-17)10-15-9-13-7-6-8-16-12(13)3/h6-8,15,17H,4-5,9-11H2,1-3H3. The van der Waals surface area contributed by atoms with Crippen molar-refractivity contribution in [2.75, 3.05) is 13.2 Å². The second-order valence-corrected chi connectivity index (χ2v) is 4.72. The largest absolute Gasteiger partial charge is 0.396 e. The highest BCUT2D eigenvalue weighted by molar-refractivity contribution is 5.17. The minimum absolute atomic E-state index is 0.0239. The average Bonchev–Trinajstić information content (AvgIpc) is 2.37. The van der Waals surface area contributed by atoms with E-state index in [1.54, 1.807) is 0 Å². The van der Waals surface area contributed by atoms with E-state index in [9.17, 15) is 5.11 Å². The van der Waals surface area contributed by atoms with Crippen LogP contribution >= 0.6 is 0 Å². The average molecular weight is 236 g/mol. The third kappa shape index (κ3) is 3.79. The Balaban J connectivity index is 2.49. The van der Waals surface area contributed by atoms with Gasteiger partial charge < -0.3 is 10.4 Å². The molecule has 0 aliphatic rings. The maximum Gasteiger partial charge on any atom is 0.0499 e. The first kappa shape index (κ1) is 14.1. The fraction of sp³-hybridized carbons (Fsp3) is 0.643. The van der Waals surface area contributed by atoms with Crippen LogP contribution in [0.4, 0.5) is 0 Å². The Kier molecular flexibility index (Phi) is 5.59. The van der Waals surface area contributed by atoms with Crippen LogP contribution in [0, 0.1) is 12.3 Å². The van der Waals surface area contributed by atoms with Gasteiger partial charge in [-0.2, -0.15) is 0 Å². The molecule has 0 amide bonds. The lowest BCUT2D eigenvalue weighted by Crippen LogP contribution is -2.36. The van der Waals surface area contributed by atoms with Gasteiger partial charge in [0.15, 0.2) is 0 Å². The first-order valence-electron chi connectivity index (χ1n) is 6.39. The van der Waals surface area contributed by atoms with Gasteiger partial charge in [-0.25, -0.2) is 0 Å². The minimum Gasteiger partial charge on any atom is -0.396 e. The molecule has 0 spiro atoms. The van der Waals surface area contributed by atoms with Crippen molar-refractivity contribution in [3.05, 3.63) is 29.6 Å². The lowest BCUT2D eigenvalue weighted by molar-refractivity contribution is 0.113. The number of hydrogen-bond acceptors (Lipinski definition) is 3. The molecule has 0 saturated carbocycles. The zero-order valence-electron chi connectivity index (χ0n) is 11.2. The summed E-state index contributed by atoms with van der Waals surface area (Å²) in [4.78, 5) is 4.27. The van der Waals surface area contributed by atoms with Crippen molar-refractivity contribution in [2.45, 2.75) is 40.2 Å². The molecule has 0 radical (unpaired) electrons. The Morgan fingerprint density at radius 3 is 2.59 bits per heavy atom. The van der Waals surface area contributed by atoms with E-state index in [2.05, 4.69) is 30.2 Å². The van der Waals surface area contributed by atoms with E-state index in [1.807, 2.05) is 19.2 Å². The number of aliphatic hydroxyl groups is 1. The van der Waals surface area contributed by atoms with Gasteiger partial charge in [-0.05, 0) is 31.4 Å². The van der Waals surface area contributed by atoms with E-state index < -0.39 is 0 Å². The van der Waals surface area contributed by atoms with Crippen LogP contribution in [0.3, 0.4) is 0 Å². The van der Waals surface area contributed by atoms with Crippen LogP contribution in [-0.4, -0.2) is 23.2 Å². The molecule has 0 fully saturated rings. The predicted octanol–water partition coefficient (Wildman–Crippen LogP) is 2.28. The molecule has 1 heterocycles. The quantitative estimate of drug-likeness (QED) is 0.763. The monoisotopic (exact) mass is 236 g/mol. The minimum atomic E-state index is 0.0239. The van der Waals surface area contributed by atoms with Crippen molar-refractivity contribution in [2.24, 2.45) is 5.41 Å². The van der Waals surface area contributed by atoms with Gasteiger partial charge >= 0.3 is 0 Å². The molecule has 1 aromatic heterocycles. The molecule has 2 N–H and O–H groups in total. The van der Waals surface area contributed by atoms with Crippen LogP contribution in [0.25, 0.3) is 0 Å². The topological polar surface area (TPSA) is 45.1 Å². The maximum absolute atomic E-state index is 9.48. The molecule has 3 nitrogen and oxygen atoms in total. The highest BCUT2D eigenvalue weighted by Gasteiger charge is 2.24. The van der Waals surface area contributed by atoms with Gasteiger partial charge in [-0.15, -0.1) is 0 Å². The summed E-state index contributed by atoms with van der Waals surface area (Å²) >= 11 is 0. The fourth-order valence-corrected chi connectivity index (χ4v) is 1.95. The number of hydrogen-bond donors (Lipinski definition) is 2. The van der Waals surface area contributed by atoms with Gasteiger partial charge in [-0.1, -0.05) is 19.9 Å². The first-order valence-corrected chi connectivity index (χ1v) is 6.39. The SMILES string of the molecule is CCC(CC)(CO)CNCc1cccnc1C. The molecule has 3 heteroatoms. The second-order valence-electron chi connectivity index (χ2n) is 4.72. The molecular weight excluding hydrogens is 212 g/mol. The van der Waals surface area contributed by atoms with Crippen LogP contribution < -0.4 is 5.32 Å². The Bertz CT molecular complexity index is 326. The highest BCUT2D eigenvalue weighted by atomic mass is 16.3. The zero-order valence-corrected chi connectivity index (χ0v) is 11.2. The van der Waals surface area contributed by atoms with Gasteiger partial charge in [0.25, 0.3) is 0 Å². The molecule has 17 heavy (non-hydrogen) atoms. The van der Waals surface area contributed by atoms with Crippen LogP contribution in [-0.2, 0) is 6.54 Å². The molecular formula is C14H24N2O. The summed E-state index contributed by atoms with van der Waals surface area (Å²) in [5, 5.41) is 12.9. The predicted molar refractivity (Wildman–Crippen MR) is 70.8 cm³/mol. The van der Waals surface area contributed by atoms with Crippen molar-refractivity contribution in [3.63, 3.8) is 0 Å². The van der Waals surface area contributed by atoms with E-state index in [-0.39, 0.29) is 12.0 Å². The third-order valence-corrected chi connectivity index (χ3v) is 3.77. The Morgan fingerprint density at radius 2 is 2.06 bits per heavy atom. The van der Waals surface area contributed by atoms with Crippen molar-refractivity contribution in [3.8, 4) is 0 Å². The fourth-order valence-electron chi connectivity index (χ4n) is 1.95. The number of aliphatic hydroxyl groups excluding tert-OH is 1. The number of aryl methyl sites for hydroxylation is 1. The number of rotatable bonds is 7. The molecule has 1 rings (SSSR count). The molecule has 0 atom stereocenters. The van der Waals surface area contributed by atoms with Crippen LogP contribution in [0.2, 0.25) is 0 Å². The van der Waals surface area contributed by atoms with E-state index in [4.69, 9.17) is 0 Å². The molecule has 0 unspecified atom stereocenters. The van der Waals surface area contributed by atoms with Gasteiger partial charge in [0, 0.05) is 37.0 Å². The molecule has 0 saturated heterocycles. The highest BCUT2D eigenvalue weighted by Crippen LogP contribution is 2.24. The molecule has 0 aliphatic carbocycles. The van der Waals surface area contributed by atoms with Crippen molar-refractivity contribution < 1.29 is 5.11 Å². The summed E-state index contributed by atoms with van der Waals surface area (Å²) in [6.45, 7) is 8.22. The molecule has 0 bridgehead atoms. The van der Waals surface area contributed by atoms with Crippen LogP contribution in [0.1, 0.15) is 37.9 Å². The lowest BCUT2D eigenvalue weighted by atomic mass is 9.83. The summed E-state index contributed by atoms with van der Waals surface area (Å²) in [5.41, 5.74) is 2.32. The molecule has 0 aliphatic heterocycles. The number of nitrogens with zero attached hydrogens (tertiary/aromatic N) is 1. The number of nitrogens with one attached hydrogen (secondary N) is 1. The van der Waals surface area contributed by atoms with E-state index in [0.717, 1.165) is 31.6 Å². The van der Waals surface area contributed by atoms with Gasteiger partial charge in [0.2, 0.25) is 0 Å². The Labute approximate surface area is 104 Å². The van der Waals surface area contributed by atoms with Gasteiger partial charge in [0.05, 0.1) is 0 Å². The maximum atomic E-state index is 9.48. The summed E-state index contributed by atoms with van der Waals surface area (Å²) in [7, 11) is 0. The van der Waals surface area contributed by atoms with E-state index in [0.29, 0.717) is 0 Å². The summed E-state index contributed by atoms with van der Waals surface area (Å²) in [6, 6.07) is 4.05. The summed E-state index contributed by atoms with van der Waals surface area (Å²) in [6.07, 6.45) is 3.81. The second kappa shape index (κ2) is 6.72. The van der Waals surface area contributed by atoms with Crippen molar-refractivity contribution in [1.29, 1.82) is 0 Å². The lowest BCUT2D eigenvalue weighted by Gasteiger charge is -2.29. The summed E-state index contributed by atoms with van der Waals surface area (Å²) in [5.74, 6) is 0. The summed E-state index contributed by atoms with van der Waals surface area (Å²) < 4.78 is 0. The Morgan fingerprint density at radius 1 is 1.35 bits per heavy atom. The third-order valence-electron chi connectivity index (χ3n) is 3.77. The smallest absolute Gasteiger partial charge is 0.0499 e. The van der Waals surface area contributed by atoms with Crippen molar-refractivity contribution in [1.82, 2.24) is 10.3 Å². The zero-order chi connectivity index (χ0) is 12.7. The van der Waals surface area contributed by atoms with E-state index in [1.165, 1.54) is 5.56 Å². The van der Waals surface area contributed by atoms with Crippen LogP contribution in [0.15, 0.2) is 18.3 Å². The van der Waals surface area contributed by atoms with Crippen molar-refractivity contribution >= 4 is 0 Å². The van der Waals surface area contributed by atoms with Crippen LogP contribution in [0.5, 0.6) is 0 Å². The first-order chi connectivity index (χ1) is 8.17. The molecule has 1 aromatic rings. The van der Waals surface area contributed by atoms with E-state index >= 15 is 0 Å². The number of aromatic nitrogens is 1.